The molecular weight excluding hydrogens is 314 g/mol. The Bertz CT molecular complexity index is 638. The van der Waals surface area contributed by atoms with Gasteiger partial charge in [0.05, 0.1) is 11.8 Å². The first kappa shape index (κ1) is 17.9. The van der Waals surface area contributed by atoms with E-state index in [1.54, 1.807) is 0 Å². The molecule has 2 fully saturated rings. The molecule has 2 aliphatic rings. The van der Waals surface area contributed by atoms with Crippen molar-refractivity contribution in [1.82, 2.24) is 9.80 Å². The van der Waals surface area contributed by atoms with Crippen LogP contribution in [-0.4, -0.2) is 60.9 Å². The van der Waals surface area contributed by atoms with Crippen molar-refractivity contribution in [3.63, 3.8) is 0 Å². The molecule has 2 atom stereocenters. The Hall–Kier alpha value is -1.88. The molecule has 1 aromatic rings. The summed E-state index contributed by atoms with van der Waals surface area (Å²) in [7, 11) is 0. The van der Waals surface area contributed by atoms with Gasteiger partial charge in [0.1, 0.15) is 0 Å². The largest absolute Gasteiger partial charge is 0.340 e. The standard InChI is InChI=1S/C20H29N3O2/c1-4-21-9-11-22(12-10-21)19(24)17-14-18(17)20(25)23(5-2)16-8-6-7-15(3)13-16/h6-8,13,17-18H,4-5,9-12,14H2,1-3H3. The van der Waals surface area contributed by atoms with E-state index in [9.17, 15) is 9.59 Å². The first-order valence-electron chi connectivity index (χ1n) is 9.44. The van der Waals surface area contributed by atoms with Crippen molar-refractivity contribution in [1.29, 1.82) is 0 Å². The van der Waals surface area contributed by atoms with E-state index in [1.165, 1.54) is 0 Å². The van der Waals surface area contributed by atoms with Gasteiger partial charge in [-0.3, -0.25) is 9.59 Å². The van der Waals surface area contributed by atoms with Crippen LogP contribution in [0.2, 0.25) is 0 Å². The number of carbonyl (C=O) groups is 2. The monoisotopic (exact) mass is 343 g/mol. The molecule has 0 spiro atoms. The number of rotatable bonds is 5. The number of benzene rings is 1. The van der Waals surface area contributed by atoms with Crippen LogP contribution in [0.3, 0.4) is 0 Å². The molecular formula is C20H29N3O2. The fraction of sp³-hybridized carbons (Fsp3) is 0.600. The highest BCUT2D eigenvalue weighted by Gasteiger charge is 2.51. The number of likely N-dealkylation sites (N-methyl/N-ethyl adjacent to an activating group) is 1. The van der Waals surface area contributed by atoms with Crippen molar-refractivity contribution in [2.24, 2.45) is 11.8 Å². The Labute approximate surface area is 150 Å². The van der Waals surface area contributed by atoms with Crippen LogP contribution in [-0.2, 0) is 9.59 Å². The highest BCUT2D eigenvalue weighted by Crippen LogP contribution is 2.42. The number of hydrogen-bond acceptors (Lipinski definition) is 3. The molecule has 2 amide bonds. The molecule has 1 saturated carbocycles. The summed E-state index contributed by atoms with van der Waals surface area (Å²) in [5.74, 6) is 0.0183. The first-order valence-corrected chi connectivity index (χ1v) is 9.44. The fourth-order valence-corrected chi connectivity index (χ4v) is 3.72. The van der Waals surface area contributed by atoms with E-state index < -0.39 is 0 Å². The van der Waals surface area contributed by atoms with Crippen molar-refractivity contribution in [2.45, 2.75) is 27.2 Å². The molecule has 0 bridgehead atoms. The number of anilines is 1. The van der Waals surface area contributed by atoms with Gasteiger partial charge in [-0.05, 0) is 44.5 Å². The van der Waals surface area contributed by atoms with Crippen molar-refractivity contribution in [3.8, 4) is 0 Å². The highest BCUT2D eigenvalue weighted by molar-refractivity contribution is 6.01. The molecule has 5 heteroatoms. The van der Waals surface area contributed by atoms with Gasteiger partial charge in [0.25, 0.3) is 0 Å². The number of amides is 2. The summed E-state index contributed by atoms with van der Waals surface area (Å²) >= 11 is 0. The average molecular weight is 343 g/mol. The number of nitrogens with zero attached hydrogens (tertiary/aromatic N) is 3. The molecule has 1 saturated heterocycles. The molecule has 2 unspecified atom stereocenters. The van der Waals surface area contributed by atoms with E-state index in [4.69, 9.17) is 0 Å². The zero-order valence-electron chi connectivity index (χ0n) is 15.6. The summed E-state index contributed by atoms with van der Waals surface area (Å²) in [6.07, 6.45) is 0.702. The summed E-state index contributed by atoms with van der Waals surface area (Å²) in [6.45, 7) is 11.3. The summed E-state index contributed by atoms with van der Waals surface area (Å²) in [5, 5.41) is 0. The van der Waals surface area contributed by atoms with Gasteiger partial charge in [0, 0.05) is 38.4 Å². The third-order valence-electron chi connectivity index (χ3n) is 5.45. The molecule has 0 radical (unpaired) electrons. The molecule has 0 aromatic heterocycles. The number of piperazine rings is 1. The summed E-state index contributed by atoms with van der Waals surface area (Å²) in [6, 6.07) is 8.01. The molecule has 0 N–H and O–H groups in total. The van der Waals surface area contributed by atoms with Crippen molar-refractivity contribution in [3.05, 3.63) is 29.8 Å². The van der Waals surface area contributed by atoms with Crippen LogP contribution < -0.4 is 4.90 Å². The van der Waals surface area contributed by atoms with Crippen LogP contribution in [0, 0.1) is 18.8 Å². The van der Waals surface area contributed by atoms with Gasteiger partial charge in [0.2, 0.25) is 11.8 Å². The Morgan fingerprint density at radius 1 is 1.12 bits per heavy atom. The Morgan fingerprint density at radius 2 is 1.84 bits per heavy atom. The van der Waals surface area contributed by atoms with Crippen LogP contribution in [0.15, 0.2) is 24.3 Å². The maximum atomic E-state index is 12.9. The predicted octanol–water partition coefficient (Wildman–Crippen LogP) is 2.15. The predicted molar refractivity (Wildman–Crippen MR) is 99.5 cm³/mol. The van der Waals surface area contributed by atoms with Crippen LogP contribution >= 0.6 is 0 Å². The van der Waals surface area contributed by atoms with Gasteiger partial charge in [-0.15, -0.1) is 0 Å². The lowest BCUT2D eigenvalue weighted by molar-refractivity contribution is -0.136. The normalized spacial score (nSPS) is 23.4. The topological polar surface area (TPSA) is 43.9 Å². The molecule has 3 rings (SSSR count). The number of hydrogen-bond donors (Lipinski definition) is 0. The van der Waals surface area contributed by atoms with E-state index in [0.717, 1.165) is 44.0 Å². The van der Waals surface area contributed by atoms with Gasteiger partial charge < -0.3 is 14.7 Å². The molecule has 1 aromatic carbocycles. The van der Waals surface area contributed by atoms with E-state index in [2.05, 4.69) is 11.8 Å². The average Bonchev–Trinajstić information content (AvgIpc) is 3.42. The van der Waals surface area contributed by atoms with Crippen LogP contribution in [0.4, 0.5) is 5.69 Å². The Kier molecular flexibility index (Phi) is 5.42. The first-order chi connectivity index (χ1) is 12.0. The zero-order valence-corrected chi connectivity index (χ0v) is 15.6. The molecule has 1 aliphatic heterocycles. The van der Waals surface area contributed by atoms with Gasteiger partial charge in [-0.1, -0.05) is 19.1 Å². The summed E-state index contributed by atoms with van der Waals surface area (Å²) < 4.78 is 0. The number of aryl methyl sites for hydroxylation is 1. The molecule has 25 heavy (non-hydrogen) atoms. The van der Waals surface area contributed by atoms with Gasteiger partial charge >= 0.3 is 0 Å². The van der Waals surface area contributed by atoms with E-state index in [0.29, 0.717) is 13.0 Å². The van der Waals surface area contributed by atoms with Crippen LogP contribution in [0.1, 0.15) is 25.8 Å². The Morgan fingerprint density at radius 3 is 2.44 bits per heavy atom. The van der Waals surface area contributed by atoms with E-state index >= 15 is 0 Å². The van der Waals surface area contributed by atoms with Crippen molar-refractivity contribution >= 4 is 17.5 Å². The third-order valence-corrected chi connectivity index (χ3v) is 5.45. The fourth-order valence-electron chi connectivity index (χ4n) is 3.72. The highest BCUT2D eigenvalue weighted by atomic mass is 16.2. The van der Waals surface area contributed by atoms with Gasteiger partial charge in [-0.2, -0.15) is 0 Å². The second-order valence-electron chi connectivity index (χ2n) is 7.13. The minimum absolute atomic E-state index is 0.0960. The smallest absolute Gasteiger partial charge is 0.230 e. The second-order valence-corrected chi connectivity index (χ2v) is 7.13. The lowest BCUT2D eigenvalue weighted by Crippen LogP contribution is -2.49. The lowest BCUT2D eigenvalue weighted by Gasteiger charge is -2.34. The zero-order chi connectivity index (χ0) is 18.0. The lowest BCUT2D eigenvalue weighted by atomic mass is 10.1. The van der Waals surface area contributed by atoms with E-state index in [1.807, 2.05) is 47.9 Å². The van der Waals surface area contributed by atoms with E-state index in [-0.39, 0.29) is 23.7 Å². The SMILES string of the molecule is CCN1CCN(C(=O)C2CC2C(=O)N(CC)c2cccc(C)c2)CC1. The van der Waals surface area contributed by atoms with Crippen molar-refractivity contribution in [2.75, 3.05) is 44.2 Å². The maximum Gasteiger partial charge on any atom is 0.230 e. The third kappa shape index (κ3) is 3.87. The molecule has 136 valence electrons. The Balaban J connectivity index is 1.60. The molecule has 1 heterocycles. The summed E-state index contributed by atoms with van der Waals surface area (Å²) in [5.41, 5.74) is 2.07. The quantitative estimate of drug-likeness (QED) is 0.823. The minimum atomic E-state index is -0.142. The van der Waals surface area contributed by atoms with Crippen molar-refractivity contribution < 1.29 is 9.59 Å². The van der Waals surface area contributed by atoms with Crippen LogP contribution in [0.5, 0.6) is 0 Å². The minimum Gasteiger partial charge on any atom is -0.340 e. The maximum absolute atomic E-state index is 12.9. The molecule has 5 nitrogen and oxygen atoms in total. The number of carbonyl (C=O) groups excluding carboxylic acids is 2. The van der Waals surface area contributed by atoms with Gasteiger partial charge in [0.15, 0.2) is 0 Å². The van der Waals surface area contributed by atoms with Crippen LogP contribution in [0.25, 0.3) is 0 Å². The van der Waals surface area contributed by atoms with Gasteiger partial charge in [-0.25, -0.2) is 0 Å². The summed E-state index contributed by atoms with van der Waals surface area (Å²) in [4.78, 5) is 31.7. The second kappa shape index (κ2) is 7.56. The molecule has 1 aliphatic carbocycles.